The summed E-state index contributed by atoms with van der Waals surface area (Å²) < 4.78 is 0. The Morgan fingerprint density at radius 2 is 1.90 bits per heavy atom. The maximum Gasteiger partial charge on any atom is 0.220 e. The van der Waals surface area contributed by atoms with Gasteiger partial charge >= 0.3 is 0 Å². The molecule has 1 unspecified atom stereocenters. The van der Waals surface area contributed by atoms with Crippen LogP contribution in [0.5, 0.6) is 0 Å². The molecule has 1 amide bonds. The van der Waals surface area contributed by atoms with Crippen LogP contribution in [-0.4, -0.2) is 11.9 Å². The SMILES string of the molecule is CC(N)CCC(=O)NCc1ccc2ccccc2c1.Cl. The summed E-state index contributed by atoms with van der Waals surface area (Å²) in [5.41, 5.74) is 6.75. The van der Waals surface area contributed by atoms with E-state index in [4.69, 9.17) is 5.73 Å². The Morgan fingerprint density at radius 3 is 2.60 bits per heavy atom. The normalized spacial score (nSPS) is 11.7. The number of fused-ring (bicyclic) bond motifs is 1. The van der Waals surface area contributed by atoms with Gasteiger partial charge in [-0.25, -0.2) is 0 Å². The van der Waals surface area contributed by atoms with Crippen LogP contribution in [0.3, 0.4) is 0 Å². The van der Waals surface area contributed by atoms with Crippen LogP contribution in [0.1, 0.15) is 25.3 Å². The average molecular weight is 293 g/mol. The zero-order valence-corrected chi connectivity index (χ0v) is 12.5. The molecule has 0 saturated carbocycles. The van der Waals surface area contributed by atoms with Crippen molar-refractivity contribution in [3.05, 3.63) is 48.0 Å². The van der Waals surface area contributed by atoms with Crippen molar-refractivity contribution < 1.29 is 4.79 Å². The van der Waals surface area contributed by atoms with Crippen LogP contribution in [0.4, 0.5) is 0 Å². The van der Waals surface area contributed by atoms with Crippen LogP contribution in [-0.2, 0) is 11.3 Å². The summed E-state index contributed by atoms with van der Waals surface area (Å²) in [4.78, 5) is 11.6. The van der Waals surface area contributed by atoms with E-state index in [-0.39, 0.29) is 24.4 Å². The van der Waals surface area contributed by atoms with Crippen LogP contribution < -0.4 is 11.1 Å². The summed E-state index contributed by atoms with van der Waals surface area (Å²) in [7, 11) is 0. The quantitative estimate of drug-likeness (QED) is 0.890. The molecule has 0 aliphatic rings. The van der Waals surface area contributed by atoms with Gasteiger partial charge in [0.2, 0.25) is 5.91 Å². The van der Waals surface area contributed by atoms with E-state index in [2.05, 4.69) is 29.6 Å². The Kier molecular flexibility index (Phi) is 6.49. The summed E-state index contributed by atoms with van der Waals surface area (Å²) in [6.07, 6.45) is 1.22. The Hall–Kier alpha value is -1.58. The first-order valence-electron chi connectivity index (χ1n) is 6.65. The molecule has 0 aliphatic heterocycles. The van der Waals surface area contributed by atoms with E-state index in [1.165, 1.54) is 10.8 Å². The monoisotopic (exact) mass is 292 g/mol. The smallest absolute Gasteiger partial charge is 0.220 e. The maximum absolute atomic E-state index is 11.6. The van der Waals surface area contributed by atoms with Crippen LogP contribution in [0.25, 0.3) is 10.8 Å². The number of carbonyl (C=O) groups excluding carboxylic acids is 1. The van der Waals surface area contributed by atoms with Gasteiger partial charge in [0.15, 0.2) is 0 Å². The number of nitrogens with one attached hydrogen (secondary N) is 1. The van der Waals surface area contributed by atoms with Gasteiger partial charge < -0.3 is 11.1 Å². The third kappa shape index (κ3) is 4.83. The minimum absolute atomic E-state index is 0. The molecule has 3 nitrogen and oxygen atoms in total. The van der Waals surface area contributed by atoms with Crippen molar-refractivity contribution in [3.8, 4) is 0 Å². The molecule has 1 atom stereocenters. The fourth-order valence-electron chi connectivity index (χ4n) is 2.00. The first kappa shape index (κ1) is 16.5. The van der Waals surface area contributed by atoms with Crippen molar-refractivity contribution in [3.63, 3.8) is 0 Å². The number of benzene rings is 2. The summed E-state index contributed by atoms with van der Waals surface area (Å²) in [6.45, 7) is 2.49. The lowest BCUT2D eigenvalue weighted by molar-refractivity contribution is -0.121. The molecule has 0 aromatic heterocycles. The van der Waals surface area contributed by atoms with Gasteiger partial charge in [-0.05, 0) is 35.7 Å². The fraction of sp³-hybridized carbons (Fsp3) is 0.312. The highest BCUT2D eigenvalue weighted by Gasteiger charge is 2.03. The van der Waals surface area contributed by atoms with Gasteiger partial charge in [-0.1, -0.05) is 36.4 Å². The van der Waals surface area contributed by atoms with Gasteiger partial charge in [0.25, 0.3) is 0 Å². The van der Waals surface area contributed by atoms with Gasteiger partial charge in [0.1, 0.15) is 0 Å². The topological polar surface area (TPSA) is 55.1 Å². The molecule has 0 spiro atoms. The van der Waals surface area contributed by atoms with E-state index >= 15 is 0 Å². The molecular weight excluding hydrogens is 272 g/mol. The van der Waals surface area contributed by atoms with E-state index in [9.17, 15) is 4.79 Å². The number of amides is 1. The largest absolute Gasteiger partial charge is 0.352 e. The Morgan fingerprint density at radius 1 is 1.20 bits per heavy atom. The van der Waals surface area contributed by atoms with E-state index in [0.29, 0.717) is 13.0 Å². The van der Waals surface area contributed by atoms with Gasteiger partial charge in [-0.3, -0.25) is 4.79 Å². The lowest BCUT2D eigenvalue weighted by Crippen LogP contribution is -2.25. The third-order valence-electron chi connectivity index (χ3n) is 3.13. The van der Waals surface area contributed by atoms with Crippen molar-refractivity contribution in [2.45, 2.75) is 32.4 Å². The predicted molar refractivity (Wildman–Crippen MR) is 85.9 cm³/mol. The second kappa shape index (κ2) is 7.88. The molecule has 0 saturated heterocycles. The number of halogens is 1. The molecule has 2 rings (SSSR count). The molecule has 2 aromatic rings. The lowest BCUT2D eigenvalue weighted by atomic mass is 10.1. The summed E-state index contributed by atoms with van der Waals surface area (Å²) in [6, 6.07) is 14.5. The minimum atomic E-state index is 0. The summed E-state index contributed by atoms with van der Waals surface area (Å²) in [5, 5.41) is 5.34. The maximum atomic E-state index is 11.6. The van der Waals surface area contributed by atoms with Gasteiger partial charge in [-0.2, -0.15) is 0 Å². The standard InChI is InChI=1S/C16H20N2O.ClH/c1-12(17)6-9-16(19)18-11-13-7-8-14-4-2-3-5-15(14)10-13;/h2-5,7-8,10,12H,6,9,11,17H2,1H3,(H,18,19);1H. The van der Waals surface area contributed by atoms with Gasteiger partial charge in [0, 0.05) is 19.0 Å². The molecule has 0 aliphatic carbocycles. The minimum Gasteiger partial charge on any atom is -0.352 e. The van der Waals surface area contributed by atoms with E-state index in [1.54, 1.807) is 0 Å². The van der Waals surface area contributed by atoms with E-state index in [0.717, 1.165) is 12.0 Å². The molecule has 0 fully saturated rings. The molecule has 0 radical (unpaired) electrons. The third-order valence-corrected chi connectivity index (χ3v) is 3.13. The van der Waals surface area contributed by atoms with Crippen LogP contribution in [0.2, 0.25) is 0 Å². The van der Waals surface area contributed by atoms with Crippen LogP contribution in [0.15, 0.2) is 42.5 Å². The molecule has 0 heterocycles. The Labute approximate surface area is 126 Å². The summed E-state index contributed by atoms with van der Waals surface area (Å²) >= 11 is 0. The number of nitrogens with two attached hydrogens (primary N) is 1. The van der Waals surface area contributed by atoms with Crippen molar-refractivity contribution in [2.75, 3.05) is 0 Å². The lowest BCUT2D eigenvalue weighted by Gasteiger charge is -2.08. The van der Waals surface area contributed by atoms with Crippen LogP contribution in [0, 0.1) is 0 Å². The van der Waals surface area contributed by atoms with Crippen molar-refractivity contribution in [1.29, 1.82) is 0 Å². The van der Waals surface area contributed by atoms with Crippen molar-refractivity contribution in [2.24, 2.45) is 5.73 Å². The molecule has 0 bridgehead atoms. The first-order chi connectivity index (χ1) is 9.15. The molecule has 20 heavy (non-hydrogen) atoms. The average Bonchev–Trinajstić information content (AvgIpc) is 2.42. The number of hydrogen-bond donors (Lipinski definition) is 2. The van der Waals surface area contributed by atoms with Crippen molar-refractivity contribution in [1.82, 2.24) is 5.32 Å². The number of rotatable bonds is 5. The summed E-state index contributed by atoms with van der Waals surface area (Å²) in [5.74, 6) is 0.0606. The molecule has 3 N–H and O–H groups in total. The van der Waals surface area contributed by atoms with E-state index in [1.807, 2.05) is 25.1 Å². The number of carbonyl (C=O) groups is 1. The van der Waals surface area contributed by atoms with Gasteiger partial charge in [-0.15, -0.1) is 12.4 Å². The highest BCUT2D eigenvalue weighted by molar-refractivity contribution is 5.85. The van der Waals surface area contributed by atoms with Crippen LogP contribution >= 0.6 is 12.4 Å². The Balaban J connectivity index is 0.00000200. The fourth-order valence-corrected chi connectivity index (χ4v) is 2.00. The highest BCUT2D eigenvalue weighted by Crippen LogP contribution is 2.15. The van der Waals surface area contributed by atoms with E-state index < -0.39 is 0 Å². The zero-order chi connectivity index (χ0) is 13.7. The van der Waals surface area contributed by atoms with Crippen molar-refractivity contribution >= 4 is 29.1 Å². The molecule has 108 valence electrons. The predicted octanol–water partition coefficient (Wildman–Crippen LogP) is 3.01. The van der Waals surface area contributed by atoms with Gasteiger partial charge in [0.05, 0.1) is 0 Å². The second-order valence-corrected chi connectivity index (χ2v) is 4.97. The molecule has 2 aromatic carbocycles. The molecular formula is C16H21ClN2O. The first-order valence-corrected chi connectivity index (χ1v) is 6.65. The number of hydrogen-bond acceptors (Lipinski definition) is 2. The molecule has 4 heteroatoms. The Bertz CT molecular complexity index is 569. The zero-order valence-electron chi connectivity index (χ0n) is 11.6. The highest BCUT2D eigenvalue weighted by atomic mass is 35.5. The second-order valence-electron chi connectivity index (χ2n) is 4.97.